The van der Waals surface area contributed by atoms with Gasteiger partial charge < -0.3 is 19.9 Å². The van der Waals surface area contributed by atoms with Crippen LogP contribution in [-0.4, -0.2) is 50.2 Å². The standard InChI is InChI=1S/C16H24ClNO3/c17-14-5-3-13(4-6-14)7-8-18-10-15(19)11-20-12-16-2-1-9-21-16/h3-6,15-16,18-19H,1-2,7-12H2. The minimum Gasteiger partial charge on any atom is -0.389 e. The molecule has 0 amide bonds. The largest absolute Gasteiger partial charge is 0.389 e. The van der Waals surface area contributed by atoms with Crippen LogP contribution in [0.1, 0.15) is 18.4 Å². The quantitative estimate of drug-likeness (QED) is 0.685. The molecule has 118 valence electrons. The molecule has 0 spiro atoms. The molecule has 2 unspecified atom stereocenters. The van der Waals surface area contributed by atoms with Crippen LogP contribution in [0, 0.1) is 0 Å². The third-order valence-corrected chi connectivity index (χ3v) is 3.77. The summed E-state index contributed by atoms with van der Waals surface area (Å²) in [5.41, 5.74) is 1.23. The van der Waals surface area contributed by atoms with Crippen molar-refractivity contribution in [1.29, 1.82) is 0 Å². The highest BCUT2D eigenvalue weighted by atomic mass is 35.5. The molecule has 1 fully saturated rings. The smallest absolute Gasteiger partial charge is 0.0897 e. The van der Waals surface area contributed by atoms with Crippen molar-refractivity contribution in [2.75, 3.05) is 32.9 Å². The second kappa shape index (κ2) is 9.38. The van der Waals surface area contributed by atoms with Gasteiger partial charge in [0.25, 0.3) is 0 Å². The Morgan fingerprint density at radius 1 is 1.38 bits per heavy atom. The maximum atomic E-state index is 9.81. The Morgan fingerprint density at radius 2 is 2.19 bits per heavy atom. The van der Waals surface area contributed by atoms with Crippen molar-refractivity contribution < 1.29 is 14.6 Å². The summed E-state index contributed by atoms with van der Waals surface area (Å²) in [4.78, 5) is 0. The van der Waals surface area contributed by atoms with Crippen LogP contribution in [-0.2, 0) is 15.9 Å². The van der Waals surface area contributed by atoms with Gasteiger partial charge in [-0.25, -0.2) is 0 Å². The first-order valence-electron chi connectivity index (χ1n) is 7.56. The lowest BCUT2D eigenvalue weighted by Gasteiger charge is -2.14. The van der Waals surface area contributed by atoms with E-state index in [1.54, 1.807) is 0 Å². The maximum absolute atomic E-state index is 9.81. The van der Waals surface area contributed by atoms with Crippen molar-refractivity contribution in [2.45, 2.75) is 31.5 Å². The highest BCUT2D eigenvalue weighted by Gasteiger charge is 2.15. The second-order valence-corrected chi connectivity index (χ2v) is 5.84. The van der Waals surface area contributed by atoms with Gasteiger partial charge in [-0.2, -0.15) is 0 Å². The Labute approximate surface area is 131 Å². The molecule has 0 aliphatic carbocycles. The van der Waals surface area contributed by atoms with Gasteiger partial charge in [0.15, 0.2) is 0 Å². The summed E-state index contributed by atoms with van der Waals surface area (Å²) in [6, 6.07) is 7.83. The molecular formula is C16H24ClNO3. The van der Waals surface area contributed by atoms with Gasteiger partial charge in [-0.1, -0.05) is 23.7 Å². The number of ether oxygens (including phenoxy) is 2. The SMILES string of the molecule is OC(CNCCc1ccc(Cl)cc1)COCC1CCCO1. The molecule has 0 radical (unpaired) electrons. The van der Waals surface area contributed by atoms with E-state index in [1.165, 1.54) is 5.56 Å². The molecule has 1 heterocycles. The molecule has 2 rings (SSSR count). The van der Waals surface area contributed by atoms with Crippen LogP contribution >= 0.6 is 11.6 Å². The van der Waals surface area contributed by atoms with Gasteiger partial charge in [0.05, 0.1) is 25.4 Å². The molecule has 1 aliphatic rings. The molecule has 4 nitrogen and oxygen atoms in total. The lowest BCUT2D eigenvalue weighted by atomic mass is 10.1. The van der Waals surface area contributed by atoms with Gasteiger partial charge in [0.2, 0.25) is 0 Å². The predicted octanol–water partition coefficient (Wildman–Crippen LogP) is 2.03. The minimum atomic E-state index is -0.475. The number of hydrogen-bond acceptors (Lipinski definition) is 4. The van der Waals surface area contributed by atoms with Crippen molar-refractivity contribution >= 4 is 11.6 Å². The molecule has 0 saturated carbocycles. The van der Waals surface area contributed by atoms with E-state index in [1.807, 2.05) is 24.3 Å². The fraction of sp³-hybridized carbons (Fsp3) is 0.625. The number of hydrogen-bond donors (Lipinski definition) is 2. The van der Waals surface area contributed by atoms with Crippen LogP contribution < -0.4 is 5.32 Å². The number of halogens is 1. The summed E-state index contributed by atoms with van der Waals surface area (Å²) in [6.07, 6.45) is 2.84. The highest BCUT2D eigenvalue weighted by molar-refractivity contribution is 6.30. The molecule has 1 aromatic carbocycles. The van der Waals surface area contributed by atoms with E-state index in [-0.39, 0.29) is 6.10 Å². The Morgan fingerprint density at radius 3 is 2.90 bits per heavy atom. The van der Waals surface area contributed by atoms with Crippen molar-refractivity contribution in [3.63, 3.8) is 0 Å². The number of aliphatic hydroxyl groups excluding tert-OH is 1. The van der Waals surface area contributed by atoms with Gasteiger partial charge in [-0.05, 0) is 43.5 Å². The van der Waals surface area contributed by atoms with Crippen LogP contribution in [0.2, 0.25) is 5.02 Å². The van der Waals surface area contributed by atoms with Crippen molar-refractivity contribution in [3.8, 4) is 0 Å². The molecule has 1 aliphatic heterocycles. The van der Waals surface area contributed by atoms with Gasteiger partial charge >= 0.3 is 0 Å². The summed E-state index contributed by atoms with van der Waals surface area (Å²) in [6.45, 7) is 3.14. The average Bonchev–Trinajstić information content (AvgIpc) is 2.99. The van der Waals surface area contributed by atoms with Crippen LogP contribution in [0.5, 0.6) is 0 Å². The van der Waals surface area contributed by atoms with E-state index in [9.17, 15) is 5.11 Å². The molecule has 0 aromatic heterocycles. The fourth-order valence-electron chi connectivity index (χ4n) is 2.32. The van der Waals surface area contributed by atoms with Crippen LogP contribution in [0.4, 0.5) is 0 Å². The fourth-order valence-corrected chi connectivity index (χ4v) is 2.45. The number of nitrogens with one attached hydrogen (secondary N) is 1. The summed E-state index contributed by atoms with van der Waals surface area (Å²) in [5, 5.41) is 13.8. The first kappa shape index (κ1) is 16.7. The molecular weight excluding hydrogens is 290 g/mol. The van der Waals surface area contributed by atoms with Crippen LogP contribution in [0.25, 0.3) is 0 Å². The number of aliphatic hydroxyl groups is 1. The van der Waals surface area contributed by atoms with Crippen molar-refractivity contribution in [2.24, 2.45) is 0 Å². The average molecular weight is 314 g/mol. The van der Waals surface area contributed by atoms with E-state index >= 15 is 0 Å². The van der Waals surface area contributed by atoms with E-state index in [0.29, 0.717) is 19.8 Å². The monoisotopic (exact) mass is 313 g/mol. The first-order valence-corrected chi connectivity index (χ1v) is 7.94. The van der Waals surface area contributed by atoms with Gasteiger partial charge in [0.1, 0.15) is 0 Å². The van der Waals surface area contributed by atoms with E-state index < -0.39 is 6.10 Å². The van der Waals surface area contributed by atoms with Crippen molar-refractivity contribution in [1.82, 2.24) is 5.32 Å². The third-order valence-electron chi connectivity index (χ3n) is 3.52. The van der Waals surface area contributed by atoms with Crippen LogP contribution in [0.15, 0.2) is 24.3 Å². The lowest BCUT2D eigenvalue weighted by molar-refractivity contribution is -0.0163. The molecule has 21 heavy (non-hydrogen) atoms. The normalized spacial score (nSPS) is 19.8. The molecule has 1 aromatic rings. The zero-order valence-electron chi connectivity index (χ0n) is 12.3. The summed E-state index contributed by atoms with van der Waals surface area (Å²) >= 11 is 5.84. The molecule has 2 atom stereocenters. The van der Waals surface area contributed by atoms with E-state index in [2.05, 4.69) is 5.32 Å². The van der Waals surface area contributed by atoms with Gasteiger partial charge in [-0.15, -0.1) is 0 Å². The zero-order valence-corrected chi connectivity index (χ0v) is 13.0. The molecule has 1 saturated heterocycles. The number of rotatable bonds is 9. The van der Waals surface area contributed by atoms with E-state index in [0.717, 1.165) is 37.4 Å². The lowest BCUT2D eigenvalue weighted by Crippen LogP contribution is -2.32. The Bertz CT molecular complexity index is 393. The predicted molar refractivity (Wildman–Crippen MR) is 83.8 cm³/mol. The summed E-state index contributed by atoms with van der Waals surface area (Å²) in [7, 11) is 0. The Balaban J connectivity index is 1.48. The molecule has 0 bridgehead atoms. The molecule has 5 heteroatoms. The maximum Gasteiger partial charge on any atom is 0.0897 e. The third kappa shape index (κ3) is 6.76. The zero-order chi connectivity index (χ0) is 14.9. The van der Waals surface area contributed by atoms with Gasteiger partial charge in [0, 0.05) is 18.2 Å². The first-order chi connectivity index (χ1) is 10.2. The Kier molecular flexibility index (Phi) is 7.47. The van der Waals surface area contributed by atoms with Crippen molar-refractivity contribution in [3.05, 3.63) is 34.9 Å². The minimum absolute atomic E-state index is 0.218. The summed E-state index contributed by atoms with van der Waals surface area (Å²) in [5.74, 6) is 0. The Hall–Kier alpha value is -0.650. The number of benzene rings is 1. The van der Waals surface area contributed by atoms with Crippen LogP contribution in [0.3, 0.4) is 0 Å². The highest BCUT2D eigenvalue weighted by Crippen LogP contribution is 2.12. The van der Waals surface area contributed by atoms with E-state index in [4.69, 9.17) is 21.1 Å². The molecule has 2 N–H and O–H groups in total. The summed E-state index contributed by atoms with van der Waals surface area (Å²) < 4.78 is 10.9. The van der Waals surface area contributed by atoms with Gasteiger partial charge in [-0.3, -0.25) is 0 Å². The second-order valence-electron chi connectivity index (χ2n) is 5.41. The topological polar surface area (TPSA) is 50.7 Å².